The molecule has 0 bridgehead atoms. The Labute approximate surface area is 135 Å². The minimum absolute atomic E-state index is 0.181. The zero-order valence-electron chi connectivity index (χ0n) is 12.2. The van der Waals surface area contributed by atoms with Gasteiger partial charge in [-0.15, -0.1) is 0 Å². The molecule has 1 aromatic heterocycles. The predicted octanol–water partition coefficient (Wildman–Crippen LogP) is 3.13. The van der Waals surface area contributed by atoms with Crippen LogP contribution >= 0.6 is 15.9 Å². The molecule has 0 spiro atoms. The Morgan fingerprint density at radius 1 is 1.38 bits per heavy atom. The van der Waals surface area contributed by atoms with Crippen LogP contribution in [0, 0.1) is 5.92 Å². The molecular weight excluding hydrogens is 354 g/mol. The first-order valence-electron chi connectivity index (χ1n) is 7.36. The molecule has 2 N–H and O–H groups in total. The van der Waals surface area contributed by atoms with Gasteiger partial charge >= 0.3 is 0 Å². The number of nitrogens with one attached hydrogen (secondary N) is 2. The summed E-state index contributed by atoms with van der Waals surface area (Å²) in [6.45, 7) is 0.481. The van der Waals surface area contributed by atoms with Gasteiger partial charge in [0.2, 0.25) is 10.0 Å². The molecule has 0 atom stereocenters. The van der Waals surface area contributed by atoms with Crippen LogP contribution in [0.15, 0.2) is 21.6 Å². The standard InChI is InChI=1S/C14H22BrN3O2S/c1-16-14-13(9-12(15)10-17-14)21(19,20)18-8-4-7-11-5-2-3-6-11/h9-11,18H,2-8H2,1H3,(H,16,17). The average Bonchev–Trinajstić information content (AvgIpc) is 2.97. The molecule has 1 fully saturated rings. The van der Waals surface area contributed by atoms with Crippen molar-refractivity contribution in [2.24, 2.45) is 5.92 Å². The summed E-state index contributed by atoms with van der Waals surface area (Å²) in [5.74, 6) is 1.15. The van der Waals surface area contributed by atoms with Crippen molar-refractivity contribution >= 4 is 31.8 Å². The average molecular weight is 376 g/mol. The third-order valence-electron chi connectivity index (χ3n) is 3.90. The topological polar surface area (TPSA) is 71.1 Å². The van der Waals surface area contributed by atoms with Crippen molar-refractivity contribution < 1.29 is 8.42 Å². The number of pyridine rings is 1. The van der Waals surface area contributed by atoms with Gasteiger partial charge in [0.05, 0.1) is 0 Å². The Hall–Kier alpha value is -0.660. The second-order valence-corrected chi connectivity index (χ2v) is 8.09. The normalized spacial score (nSPS) is 16.3. The summed E-state index contributed by atoms with van der Waals surface area (Å²) >= 11 is 3.26. The zero-order valence-corrected chi connectivity index (χ0v) is 14.6. The van der Waals surface area contributed by atoms with E-state index in [1.54, 1.807) is 19.3 Å². The van der Waals surface area contributed by atoms with Gasteiger partial charge in [-0.1, -0.05) is 25.7 Å². The lowest BCUT2D eigenvalue weighted by atomic mass is 10.0. The lowest BCUT2D eigenvalue weighted by Gasteiger charge is -2.12. The van der Waals surface area contributed by atoms with E-state index in [0.717, 1.165) is 18.8 Å². The van der Waals surface area contributed by atoms with E-state index in [4.69, 9.17) is 0 Å². The first-order chi connectivity index (χ1) is 10.0. The Morgan fingerprint density at radius 2 is 2.10 bits per heavy atom. The first-order valence-corrected chi connectivity index (χ1v) is 9.63. The van der Waals surface area contributed by atoms with E-state index in [1.165, 1.54) is 25.7 Å². The molecule has 1 aliphatic rings. The van der Waals surface area contributed by atoms with Gasteiger partial charge in [-0.3, -0.25) is 0 Å². The lowest BCUT2D eigenvalue weighted by molar-refractivity contribution is 0.480. The molecule has 1 saturated carbocycles. The summed E-state index contributed by atoms with van der Waals surface area (Å²) in [6.07, 6.45) is 8.82. The molecule has 1 aromatic rings. The van der Waals surface area contributed by atoms with E-state index in [0.29, 0.717) is 16.8 Å². The number of rotatable bonds is 7. The molecule has 5 nitrogen and oxygen atoms in total. The van der Waals surface area contributed by atoms with E-state index in [9.17, 15) is 8.42 Å². The molecule has 2 rings (SSSR count). The summed E-state index contributed by atoms with van der Waals surface area (Å²) in [5.41, 5.74) is 0. The van der Waals surface area contributed by atoms with Crippen molar-refractivity contribution in [1.29, 1.82) is 0 Å². The Balaban J connectivity index is 1.93. The maximum absolute atomic E-state index is 12.3. The first kappa shape index (κ1) is 16.7. The SMILES string of the molecule is CNc1ncc(Br)cc1S(=O)(=O)NCCCC1CCCC1. The highest BCUT2D eigenvalue weighted by Gasteiger charge is 2.20. The van der Waals surface area contributed by atoms with Crippen molar-refractivity contribution in [1.82, 2.24) is 9.71 Å². The van der Waals surface area contributed by atoms with E-state index < -0.39 is 10.0 Å². The highest BCUT2D eigenvalue weighted by molar-refractivity contribution is 9.10. The number of nitrogens with zero attached hydrogens (tertiary/aromatic N) is 1. The molecule has 0 saturated heterocycles. The van der Waals surface area contributed by atoms with Crippen LogP contribution in [0.3, 0.4) is 0 Å². The quantitative estimate of drug-likeness (QED) is 0.718. The zero-order chi connectivity index (χ0) is 15.3. The molecule has 1 aliphatic carbocycles. The molecule has 7 heteroatoms. The second-order valence-electron chi connectivity index (χ2n) is 5.44. The van der Waals surface area contributed by atoms with Crippen LogP contribution in [0.1, 0.15) is 38.5 Å². The van der Waals surface area contributed by atoms with Gasteiger partial charge in [0.15, 0.2) is 0 Å². The molecule has 118 valence electrons. The van der Waals surface area contributed by atoms with Crippen molar-refractivity contribution in [3.05, 3.63) is 16.7 Å². The Bertz CT molecular complexity index is 572. The summed E-state index contributed by atoms with van der Waals surface area (Å²) in [6, 6.07) is 1.57. The minimum atomic E-state index is -3.53. The summed E-state index contributed by atoms with van der Waals surface area (Å²) in [7, 11) is -1.86. The van der Waals surface area contributed by atoms with Crippen molar-refractivity contribution in [2.75, 3.05) is 18.9 Å². The molecular formula is C14H22BrN3O2S. The van der Waals surface area contributed by atoms with Crippen LogP contribution in [0.25, 0.3) is 0 Å². The summed E-state index contributed by atoms with van der Waals surface area (Å²) in [5, 5.41) is 2.81. The van der Waals surface area contributed by atoms with Gasteiger partial charge in [0, 0.05) is 24.3 Å². The van der Waals surface area contributed by atoms with E-state index >= 15 is 0 Å². The number of hydrogen-bond donors (Lipinski definition) is 2. The largest absolute Gasteiger partial charge is 0.372 e. The number of hydrogen-bond acceptors (Lipinski definition) is 4. The van der Waals surface area contributed by atoms with Crippen LogP contribution in [0.4, 0.5) is 5.82 Å². The van der Waals surface area contributed by atoms with Gasteiger partial charge in [-0.25, -0.2) is 18.1 Å². The number of halogens is 1. The molecule has 1 heterocycles. The lowest BCUT2D eigenvalue weighted by Crippen LogP contribution is -2.26. The number of sulfonamides is 1. The van der Waals surface area contributed by atoms with Gasteiger partial charge < -0.3 is 5.32 Å². The molecule has 0 amide bonds. The number of aromatic nitrogens is 1. The molecule has 0 aliphatic heterocycles. The summed E-state index contributed by atoms with van der Waals surface area (Å²) in [4.78, 5) is 4.26. The fourth-order valence-electron chi connectivity index (χ4n) is 2.79. The smallest absolute Gasteiger partial charge is 0.244 e. The van der Waals surface area contributed by atoms with Gasteiger partial charge in [0.25, 0.3) is 0 Å². The third-order valence-corrected chi connectivity index (χ3v) is 5.81. The molecule has 0 unspecified atom stereocenters. The fourth-order valence-corrected chi connectivity index (χ4v) is 4.53. The third kappa shape index (κ3) is 4.66. The van der Waals surface area contributed by atoms with Crippen LogP contribution in [-0.2, 0) is 10.0 Å². The number of anilines is 1. The van der Waals surface area contributed by atoms with Crippen LogP contribution in [0.2, 0.25) is 0 Å². The molecule has 0 aromatic carbocycles. The van der Waals surface area contributed by atoms with Crippen molar-refractivity contribution in [2.45, 2.75) is 43.4 Å². The van der Waals surface area contributed by atoms with Gasteiger partial charge in [0.1, 0.15) is 10.7 Å². The predicted molar refractivity (Wildman–Crippen MR) is 87.9 cm³/mol. The van der Waals surface area contributed by atoms with E-state index in [2.05, 4.69) is 31.0 Å². The highest BCUT2D eigenvalue weighted by atomic mass is 79.9. The monoisotopic (exact) mass is 375 g/mol. The van der Waals surface area contributed by atoms with Crippen LogP contribution in [0.5, 0.6) is 0 Å². The van der Waals surface area contributed by atoms with Gasteiger partial charge in [-0.05, 0) is 40.8 Å². The fraction of sp³-hybridized carbons (Fsp3) is 0.643. The maximum Gasteiger partial charge on any atom is 0.244 e. The van der Waals surface area contributed by atoms with E-state index in [1.807, 2.05) is 0 Å². The minimum Gasteiger partial charge on any atom is -0.372 e. The van der Waals surface area contributed by atoms with Gasteiger partial charge in [-0.2, -0.15) is 0 Å². The van der Waals surface area contributed by atoms with E-state index in [-0.39, 0.29) is 4.90 Å². The molecule has 0 radical (unpaired) electrons. The highest BCUT2D eigenvalue weighted by Crippen LogP contribution is 2.28. The summed E-state index contributed by atoms with van der Waals surface area (Å²) < 4.78 is 28.0. The second kappa shape index (κ2) is 7.56. The van der Waals surface area contributed by atoms with Crippen LogP contribution in [-0.4, -0.2) is 27.0 Å². The maximum atomic E-state index is 12.3. The Morgan fingerprint density at radius 3 is 2.76 bits per heavy atom. The Kier molecular flexibility index (Phi) is 6.01. The van der Waals surface area contributed by atoms with Crippen molar-refractivity contribution in [3.63, 3.8) is 0 Å². The van der Waals surface area contributed by atoms with Crippen LogP contribution < -0.4 is 10.0 Å². The molecule has 21 heavy (non-hydrogen) atoms. The van der Waals surface area contributed by atoms with Crippen molar-refractivity contribution in [3.8, 4) is 0 Å².